The van der Waals surface area contributed by atoms with E-state index in [1.165, 1.54) is 24.3 Å². The van der Waals surface area contributed by atoms with Crippen molar-refractivity contribution in [1.29, 1.82) is 0 Å². The number of rotatable bonds is 4. The van der Waals surface area contributed by atoms with E-state index in [2.05, 4.69) is 20.7 Å². The van der Waals surface area contributed by atoms with Crippen LogP contribution in [-0.2, 0) is 16.4 Å². The minimum Gasteiger partial charge on any atom is -0.508 e. The molecule has 0 bridgehead atoms. The summed E-state index contributed by atoms with van der Waals surface area (Å²) in [6, 6.07) is 10.9. The Morgan fingerprint density at radius 3 is 2.60 bits per heavy atom. The number of nitrogens with one attached hydrogen (secondary N) is 1. The van der Waals surface area contributed by atoms with Crippen LogP contribution in [0.15, 0.2) is 51.8 Å². The van der Waals surface area contributed by atoms with Gasteiger partial charge in [-0.3, -0.25) is 4.72 Å². The summed E-state index contributed by atoms with van der Waals surface area (Å²) in [6.45, 7) is 1.95. The van der Waals surface area contributed by atoms with Crippen molar-refractivity contribution in [3.05, 3.63) is 52.5 Å². The monoisotopic (exact) mass is 355 g/mol. The van der Waals surface area contributed by atoms with Gasteiger partial charge in [-0.25, -0.2) is 8.42 Å². The predicted octanol–water partition coefficient (Wildman–Crippen LogP) is 3.52. The summed E-state index contributed by atoms with van der Waals surface area (Å²) in [7, 11) is -3.71. The van der Waals surface area contributed by atoms with Gasteiger partial charge in [-0.15, -0.1) is 0 Å². The van der Waals surface area contributed by atoms with Gasteiger partial charge in [0.25, 0.3) is 10.0 Å². The van der Waals surface area contributed by atoms with E-state index in [1.54, 1.807) is 12.1 Å². The van der Waals surface area contributed by atoms with Crippen LogP contribution in [0.25, 0.3) is 0 Å². The van der Waals surface area contributed by atoms with Crippen molar-refractivity contribution in [3.63, 3.8) is 0 Å². The highest BCUT2D eigenvalue weighted by Crippen LogP contribution is 2.25. The Labute approximate surface area is 126 Å². The molecule has 0 heterocycles. The Kier molecular flexibility index (Phi) is 4.35. The molecule has 0 aromatic heterocycles. The molecule has 0 aliphatic carbocycles. The first kappa shape index (κ1) is 14.9. The lowest BCUT2D eigenvalue weighted by Crippen LogP contribution is -2.14. The summed E-state index contributed by atoms with van der Waals surface area (Å²) >= 11 is 3.36. The van der Waals surface area contributed by atoms with Gasteiger partial charge in [0.2, 0.25) is 0 Å². The molecule has 0 saturated heterocycles. The summed E-state index contributed by atoms with van der Waals surface area (Å²) < 4.78 is 28.0. The molecular weight excluding hydrogens is 342 g/mol. The molecule has 2 rings (SSSR count). The minimum absolute atomic E-state index is 0.0301. The molecule has 6 heteroatoms. The zero-order valence-corrected chi connectivity index (χ0v) is 13.2. The smallest absolute Gasteiger partial charge is 0.262 e. The number of aromatic hydroxyl groups is 1. The maximum atomic E-state index is 12.3. The largest absolute Gasteiger partial charge is 0.508 e. The Bertz CT molecular complexity index is 729. The highest BCUT2D eigenvalue weighted by atomic mass is 79.9. The summed E-state index contributed by atoms with van der Waals surface area (Å²) in [4.78, 5) is 0.0301. The van der Waals surface area contributed by atoms with Crippen molar-refractivity contribution in [2.45, 2.75) is 18.2 Å². The Hall–Kier alpha value is -1.53. The molecule has 0 amide bonds. The van der Waals surface area contributed by atoms with E-state index < -0.39 is 10.0 Å². The van der Waals surface area contributed by atoms with Crippen LogP contribution in [0.1, 0.15) is 12.5 Å². The summed E-state index contributed by atoms with van der Waals surface area (Å²) in [6.07, 6.45) is 0.706. The number of anilines is 1. The molecule has 0 spiro atoms. The van der Waals surface area contributed by atoms with Gasteiger partial charge in [-0.2, -0.15) is 0 Å². The van der Waals surface area contributed by atoms with Gasteiger partial charge in [0.05, 0.1) is 10.6 Å². The van der Waals surface area contributed by atoms with Crippen LogP contribution in [0.4, 0.5) is 5.69 Å². The van der Waals surface area contributed by atoms with Crippen molar-refractivity contribution in [3.8, 4) is 5.75 Å². The van der Waals surface area contributed by atoms with Crippen LogP contribution in [0.5, 0.6) is 5.75 Å². The van der Waals surface area contributed by atoms with E-state index in [0.29, 0.717) is 12.1 Å². The molecule has 0 fully saturated rings. The summed E-state index contributed by atoms with van der Waals surface area (Å²) in [5.74, 6) is -0.0839. The van der Waals surface area contributed by atoms with Crippen molar-refractivity contribution in [2.75, 3.05) is 4.72 Å². The maximum Gasteiger partial charge on any atom is 0.262 e. The molecule has 0 atom stereocenters. The lowest BCUT2D eigenvalue weighted by molar-refractivity contribution is 0.473. The standard InChI is InChI=1S/C14H14BrNO3S/c1-2-10-8-11(15)6-7-14(10)16-20(18,19)13-5-3-4-12(17)9-13/h3-9,16-17H,2H2,1H3. The van der Waals surface area contributed by atoms with E-state index in [1.807, 2.05) is 13.0 Å². The number of aryl methyl sites for hydroxylation is 1. The third-order valence-electron chi connectivity index (χ3n) is 2.82. The average Bonchev–Trinajstić information content (AvgIpc) is 2.40. The number of phenols is 1. The molecule has 0 unspecified atom stereocenters. The topological polar surface area (TPSA) is 66.4 Å². The highest BCUT2D eigenvalue weighted by Gasteiger charge is 2.16. The maximum absolute atomic E-state index is 12.3. The van der Waals surface area contributed by atoms with Gasteiger partial charge in [0.15, 0.2) is 0 Å². The summed E-state index contributed by atoms with van der Waals surface area (Å²) in [5.41, 5.74) is 1.43. The Morgan fingerprint density at radius 1 is 1.20 bits per heavy atom. The van der Waals surface area contributed by atoms with Gasteiger partial charge in [0.1, 0.15) is 5.75 Å². The van der Waals surface area contributed by atoms with Gasteiger partial charge < -0.3 is 5.11 Å². The SMILES string of the molecule is CCc1cc(Br)ccc1NS(=O)(=O)c1cccc(O)c1. The molecule has 2 N–H and O–H groups in total. The fraction of sp³-hybridized carbons (Fsp3) is 0.143. The van der Waals surface area contributed by atoms with E-state index in [0.717, 1.165) is 10.0 Å². The number of hydrogen-bond donors (Lipinski definition) is 2. The molecule has 2 aromatic carbocycles. The van der Waals surface area contributed by atoms with Gasteiger partial charge in [0, 0.05) is 10.5 Å². The molecule has 4 nitrogen and oxygen atoms in total. The number of phenolic OH excluding ortho intramolecular Hbond substituents is 1. The first-order valence-electron chi connectivity index (χ1n) is 6.02. The van der Waals surface area contributed by atoms with Crippen LogP contribution in [0.3, 0.4) is 0 Å². The van der Waals surface area contributed by atoms with Crippen molar-refractivity contribution < 1.29 is 13.5 Å². The molecule has 0 radical (unpaired) electrons. The zero-order chi connectivity index (χ0) is 14.8. The fourth-order valence-corrected chi connectivity index (χ4v) is 3.36. The van der Waals surface area contributed by atoms with Crippen LogP contribution < -0.4 is 4.72 Å². The lowest BCUT2D eigenvalue weighted by atomic mass is 10.1. The van der Waals surface area contributed by atoms with E-state index >= 15 is 0 Å². The van der Waals surface area contributed by atoms with Crippen molar-refractivity contribution >= 4 is 31.6 Å². The van der Waals surface area contributed by atoms with Crippen LogP contribution in [0, 0.1) is 0 Å². The van der Waals surface area contributed by atoms with Crippen LogP contribution in [0.2, 0.25) is 0 Å². The normalized spacial score (nSPS) is 11.3. The average molecular weight is 356 g/mol. The molecule has 106 valence electrons. The van der Waals surface area contributed by atoms with Crippen LogP contribution in [-0.4, -0.2) is 13.5 Å². The second kappa shape index (κ2) is 5.85. The van der Waals surface area contributed by atoms with Gasteiger partial charge in [-0.05, 0) is 42.3 Å². The molecular formula is C14H14BrNO3S. The third kappa shape index (κ3) is 3.32. The minimum atomic E-state index is -3.71. The number of benzene rings is 2. The highest BCUT2D eigenvalue weighted by molar-refractivity contribution is 9.10. The molecule has 0 aliphatic heterocycles. The molecule has 0 aliphatic rings. The van der Waals surface area contributed by atoms with E-state index in [4.69, 9.17) is 0 Å². The second-order valence-corrected chi connectivity index (χ2v) is 6.86. The predicted molar refractivity (Wildman–Crippen MR) is 82.4 cm³/mol. The zero-order valence-electron chi connectivity index (χ0n) is 10.8. The quantitative estimate of drug-likeness (QED) is 0.881. The lowest BCUT2D eigenvalue weighted by Gasteiger charge is -2.12. The van der Waals surface area contributed by atoms with Crippen LogP contribution >= 0.6 is 15.9 Å². The first-order valence-corrected chi connectivity index (χ1v) is 8.30. The second-order valence-electron chi connectivity index (χ2n) is 4.26. The molecule has 2 aromatic rings. The van der Waals surface area contributed by atoms with Gasteiger partial charge in [-0.1, -0.05) is 28.9 Å². The third-order valence-corrected chi connectivity index (χ3v) is 4.68. The molecule has 20 heavy (non-hydrogen) atoms. The summed E-state index contributed by atoms with van der Waals surface area (Å²) in [5, 5.41) is 9.38. The number of sulfonamides is 1. The van der Waals surface area contributed by atoms with E-state index in [-0.39, 0.29) is 10.6 Å². The first-order chi connectivity index (χ1) is 9.42. The fourth-order valence-electron chi connectivity index (χ4n) is 1.81. The Morgan fingerprint density at radius 2 is 1.95 bits per heavy atom. The Balaban J connectivity index is 2.38. The number of halogens is 1. The van der Waals surface area contributed by atoms with Crippen molar-refractivity contribution in [2.24, 2.45) is 0 Å². The van der Waals surface area contributed by atoms with Gasteiger partial charge >= 0.3 is 0 Å². The number of hydrogen-bond acceptors (Lipinski definition) is 3. The van der Waals surface area contributed by atoms with E-state index in [9.17, 15) is 13.5 Å². The van der Waals surface area contributed by atoms with Crippen molar-refractivity contribution in [1.82, 2.24) is 0 Å². The molecule has 0 saturated carbocycles.